The van der Waals surface area contributed by atoms with Gasteiger partial charge in [-0.1, -0.05) is 12.8 Å². The number of ether oxygens (including phenoxy) is 1. The van der Waals surface area contributed by atoms with Gasteiger partial charge in [0, 0.05) is 23.9 Å². The van der Waals surface area contributed by atoms with Crippen LogP contribution in [0.4, 0.5) is 23.4 Å². The second-order valence-corrected chi connectivity index (χ2v) is 12.1. The average molecular weight is 587 g/mol. The highest BCUT2D eigenvalue weighted by atomic mass is 79.9. The van der Waals surface area contributed by atoms with Crippen molar-refractivity contribution >= 4 is 32.7 Å². The molecule has 6 nitrogen and oxygen atoms in total. The summed E-state index contributed by atoms with van der Waals surface area (Å²) in [6.07, 6.45) is 3.15. The first-order chi connectivity index (χ1) is 17.6. The summed E-state index contributed by atoms with van der Waals surface area (Å²) in [6.45, 7) is 2.39. The third-order valence-corrected chi connectivity index (χ3v) is 10.3. The fraction of sp³-hybridized carbons (Fsp3) is 0.692. The molecule has 0 amide bonds. The van der Waals surface area contributed by atoms with Gasteiger partial charge in [0.25, 0.3) is 0 Å². The minimum absolute atomic E-state index is 0.0149. The zero-order chi connectivity index (χ0) is 26.2. The number of halogens is 5. The van der Waals surface area contributed by atoms with Crippen LogP contribution in [0.3, 0.4) is 0 Å². The van der Waals surface area contributed by atoms with Crippen molar-refractivity contribution in [2.45, 2.75) is 81.6 Å². The molecule has 1 spiro atoms. The largest absolute Gasteiger partial charge is 0.461 e. The minimum Gasteiger partial charge on any atom is -0.461 e. The van der Waals surface area contributed by atoms with Crippen LogP contribution < -0.4 is 9.64 Å². The number of anilines is 1. The number of hydrogen-bond acceptors (Lipinski definition) is 6. The van der Waals surface area contributed by atoms with E-state index in [0.29, 0.717) is 13.0 Å². The van der Waals surface area contributed by atoms with Crippen molar-refractivity contribution in [2.24, 2.45) is 5.41 Å². The van der Waals surface area contributed by atoms with Crippen molar-refractivity contribution < 1.29 is 27.4 Å². The predicted octanol–water partition coefficient (Wildman–Crippen LogP) is 5.69. The van der Waals surface area contributed by atoms with Crippen LogP contribution in [-0.2, 0) is 6.18 Å². The van der Waals surface area contributed by atoms with Crippen molar-refractivity contribution in [1.82, 2.24) is 14.9 Å². The van der Waals surface area contributed by atoms with Gasteiger partial charge in [-0.25, -0.2) is 4.39 Å². The quantitative estimate of drug-likeness (QED) is 0.454. The molecule has 2 aromatic rings. The fourth-order valence-corrected chi connectivity index (χ4v) is 8.03. The van der Waals surface area contributed by atoms with E-state index < -0.39 is 28.1 Å². The maximum atomic E-state index is 15.5. The topological polar surface area (TPSA) is 61.7 Å². The summed E-state index contributed by atoms with van der Waals surface area (Å²) in [4.78, 5) is 13.1. The molecule has 11 heteroatoms. The van der Waals surface area contributed by atoms with Crippen molar-refractivity contribution in [3.05, 3.63) is 21.9 Å². The van der Waals surface area contributed by atoms with Gasteiger partial charge < -0.3 is 14.7 Å². The fourth-order valence-electron chi connectivity index (χ4n) is 7.50. The number of fused-ring (bicyclic) bond motifs is 2. The third-order valence-electron chi connectivity index (χ3n) is 9.53. The highest BCUT2D eigenvalue weighted by molar-refractivity contribution is 9.10. The summed E-state index contributed by atoms with van der Waals surface area (Å²) < 4.78 is 62.3. The molecule has 2 aliphatic heterocycles. The summed E-state index contributed by atoms with van der Waals surface area (Å²) >= 11 is 2.81. The average Bonchev–Trinajstić information content (AvgIpc) is 3.59. The first-order valence-electron chi connectivity index (χ1n) is 13.1. The Balaban J connectivity index is 1.43. The Labute approximate surface area is 221 Å². The maximum Gasteiger partial charge on any atom is 0.417 e. The molecule has 1 unspecified atom stereocenters. The van der Waals surface area contributed by atoms with E-state index in [2.05, 4.69) is 30.8 Å². The predicted molar refractivity (Wildman–Crippen MR) is 134 cm³/mol. The van der Waals surface area contributed by atoms with E-state index in [1.54, 1.807) is 7.05 Å². The van der Waals surface area contributed by atoms with Gasteiger partial charge in [0.15, 0.2) is 5.82 Å². The number of hydrogen-bond donors (Lipinski definition) is 1. The molecule has 37 heavy (non-hydrogen) atoms. The van der Waals surface area contributed by atoms with E-state index in [-0.39, 0.29) is 39.7 Å². The Morgan fingerprint density at radius 3 is 2.43 bits per heavy atom. The smallest absolute Gasteiger partial charge is 0.417 e. The van der Waals surface area contributed by atoms with Gasteiger partial charge >= 0.3 is 12.2 Å². The van der Waals surface area contributed by atoms with Crippen molar-refractivity contribution in [3.63, 3.8) is 0 Å². The minimum atomic E-state index is -4.76. The van der Waals surface area contributed by atoms with E-state index in [1.807, 2.05) is 4.90 Å². The molecule has 0 radical (unpaired) electrons. The van der Waals surface area contributed by atoms with Gasteiger partial charge in [-0.2, -0.15) is 23.1 Å². The molecule has 6 rings (SSSR count). The first-order valence-corrected chi connectivity index (χ1v) is 13.9. The molecule has 1 aromatic heterocycles. The van der Waals surface area contributed by atoms with Crippen molar-refractivity contribution in [1.29, 1.82) is 0 Å². The number of aromatic nitrogens is 2. The van der Waals surface area contributed by atoms with Crippen LogP contribution in [-0.4, -0.2) is 64.4 Å². The number of nitrogens with zero attached hydrogens (tertiary/aromatic N) is 4. The normalized spacial score (nSPS) is 26.6. The molecular weight excluding hydrogens is 556 g/mol. The summed E-state index contributed by atoms with van der Waals surface area (Å²) in [6, 6.07) is 0.771. The van der Waals surface area contributed by atoms with E-state index in [1.165, 1.54) is 0 Å². The van der Waals surface area contributed by atoms with E-state index in [9.17, 15) is 18.3 Å². The van der Waals surface area contributed by atoms with Crippen LogP contribution in [0, 0.1) is 11.2 Å². The molecular formula is C26H31BrF4N4O2. The Bertz CT molecular complexity index is 1210. The lowest BCUT2D eigenvalue weighted by molar-refractivity contribution is -0.138. The van der Waals surface area contributed by atoms with Gasteiger partial charge in [-0.3, -0.25) is 4.90 Å². The standard InChI is InChI=1S/C26H31BrF4N4O2/c1-34(17-13-18(36)25(17)8-2-3-9-25)22-15-12-16(26(29,30)31)19(27)20(28)21(15)32-23(33-22)37-14-24-6-4-10-35(24)11-5-7-24/h12,17-18,36H,2-11,13-14H2,1H3/t17?,18-/m1/s1. The third kappa shape index (κ3) is 3.93. The number of aliphatic hydroxyl groups excluding tert-OH is 1. The van der Waals surface area contributed by atoms with E-state index in [0.717, 1.165) is 70.5 Å². The Morgan fingerprint density at radius 1 is 1.14 bits per heavy atom. The molecule has 1 aromatic carbocycles. The molecule has 4 aliphatic rings. The Morgan fingerprint density at radius 2 is 1.81 bits per heavy atom. The molecule has 202 valence electrons. The monoisotopic (exact) mass is 586 g/mol. The van der Waals surface area contributed by atoms with E-state index >= 15 is 4.39 Å². The molecule has 4 fully saturated rings. The summed E-state index contributed by atoms with van der Waals surface area (Å²) in [5.74, 6) is -0.884. The van der Waals surface area contributed by atoms with Crippen LogP contribution in [0.1, 0.15) is 63.4 Å². The number of aliphatic hydroxyl groups is 1. The highest BCUT2D eigenvalue weighted by Gasteiger charge is 2.57. The summed E-state index contributed by atoms with van der Waals surface area (Å²) in [5, 5.41) is 10.6. The highest BCUT2D eigenvalue weighted by Crippen LogP contribution is 2.56. The van der Waals surface area contributed by atoms with Crippen LogP contribution in [0.25, 0.3) is 10.9 Å². The lowest BCUT2D eigenvalue weighted by Crippen LogP contribution is -2.62. The summed E-state index contributed by atoms with van der Waals surface area (Å²) in [7, 11) is 1.77. The summed E-state index contributed by atoms with van der Waals surface area (Å²) in [5.41, 5.74) is -1.73. The lowest BCUT2D eigenvalue weighted by atomic mass is 9.60. The molecule has 2 saturated carbocycles. The van der Waals surface area contributed by atoms with Crippen molar-refractivity contribution in [3.8, 4) is 6.01 Å². The second-order valence-electron chi connectivity index (χ2n) is 11.3. The lowest BCUT2D eigenvalue weighted by Gasteiger charge is -2.55. The molecule has 2 atom stereocenters. The van der Waals surface area contributed by atoms with Gasteiger partial charge in [-0.05, 0) is 80.0 Å². The second kappa shape index (κ2) is 8.91. The zero-order valence-corrected chi connectivity index (χ0v) is 22.3. The van der Waals surface area contributed by atoms with Crippen molar-refractivity contribution in [2.75, 3.05) is 31.6 Å². The maximum absolute atomic E-state index is 15.5. The van der Waals surface area contributed by atoms with Crippen LogP contribution in [0.5, 0.6) is 6.01 Å². The molecule has 0 bridgehead atoms. The Hall–Kier alpha value is -1.72. The number of alkyl halides is 3. The SMILES string of the molecule is CN(c1nc(OCC23CCCN2CCC3)nc2c(F)c(Br)c(C(F)(F)F)cc12)C1C[C@@H](O)C12CCCC2. The molecule has 2 aliphatic carbocycles. The zero-order valence-electron chi connectivity index (χ0n) is 20.8. The van der Waals surface area contributed by atoms with Crippen LogP contribution >= 0.6 is 15.9 Å². The number of benzene rings is 1. The molecule has 3 heterocycles. The first kappa shape index (κ1) is 25.6. The van der Waals surface area contributed by atoms with Gasteiger partial charge in [0.1, 0.15) is 17.9 Å². The Kier molecular flexibility index (Phi) is 6.15. The van der Waals surface area contributed by atoms with Crippen LogP contribution in [0.2, 0.25) is 0 Å². The van der Waals surface area contributed by atoms with E-state index in [4.69, 9.17) is 4.74 Å². The number of rotatable bonds is 5. The van der Waals surface area contributed by atoms with Gasteiger partial charge in [0.2, 0.25) is 0 Å². The molecule has 1 N–H and O–H groups in total. The van der Waals surface area contributed by atoms with Gasteiger partial charge in [-0.15, -0.1) is 0 Å². The molecule has 2 saturated heterocycles. The van der Waals surface area contributed by atoms with Gasteiger partial charge in [0.05, 0.1) is 21.7 Å². The van der Waals surface area contributed by atoms with Crippen LogP contribution in [0.15, 0.2) is 10.5 Å².